The number of oxime groups is 1. The van der Waals surface area contributed by atoms with Crippen LogP contribution in [0.5, 0.6) is 0 Å². The van der Waals surface area contributed by atoms with Crippen molar-refractivity contribution in [1.29, 1.82) is 0 Å². The van der Waals surface area contributed by atoms with Crippen molar-refractivity contribution in [2.45, 2.75) is 6.92 Å². The Balaban J connectivity index is 3.16. The summed E-state index contributed by atoms with van der Waals surface area (Å²) < 4.78 is 0. The second kappa shape index (κ2) is 4.45. The first-order valence-electron chi connectivity index (χ1n) is 4.33. The van der Waals surface area contributed by atoms with E-state index in [0.717, 1.165) is 12.2 Å². The van der Waals surface area contributed by atoms with E-state index < -0.39 is 0 Å². The van der Waals surface area contributed by atoms with Gasteiger partial charge in [-0.25, -0.2) is 0 Å². The molecule has 14 heavy (non-hydrogen) atoms. The zero-order chi connectivity index (χ0) is 10.6. The molecule has 0 spiro atoms. The van der Waals surface area contributed by atoms with Gasteiger partial charge in [0.05, 0.1) is 11.9 Å². The van der Waals surface area contributed by atoms with Crippen molar-refractivity contribution in [2.75, 3.05) is 18.5 Å². The van der Waals surface area contributed by atoms with Gasteiger partial charge in [0, 0.05) is 25.4 Å². The molecule has 5 heteroatoms. The lowest BCUT2D eigenvalue weighted by molar-refractivity contribution is 0.318. The Kier molecular flexibility index (Phi) is 3.28. The maximum Gasteiger partial charge on any atom is 0.172 e. The van der Waals surface area contributed by atoms with Crippen molar-refractivity contribution in [1.82, 2.24) is 4.98 Å². The fraction of sp³-hybridized carbons (Fsp3) is 0.333. The van der Waals surface area contributed by atoms with Crippen LogP contribution < -0.4 is 10.6 Å². The summed E-state index contributed by atoms with van der Waals surface area (Å²) in [5, 5.41) is 11.6. The molecule has 1 aromatic rings. The third kappa shape index (κ3) is 1.93. The molecule has 3 N–H and O–H groups in total. The van der Waals surface area contributed by atoms with Gasteiger partial charge >= 0.3 is 0 Å². The molecule has 0 unspecified atom stereocenters. The van der Waals surface area contributed by atoms with E-state index in [1.54, 1.807) is 18.5 Å². The van der Waals surface area contributed by atoms with Gasteiger partial charge in [-0.1, -0.05) is 5.16 Å². The summed E-state index contributed by atoms with van der Waals surface area (Å²) in [4.78, 5) is 5.97. The molecular formula is C9H14N4O. The Morgan fingerprint density at radius 1 is 1.71 bits per heavy atom. The zero-order valence-electron chi connectivity index (χ0n) is 8.31. The average Bonchev–Trinajstić information content (AvgIpc) is 2.27. The van der Waals surface area contributed by atoms with Crippen molar-refractivity contribution in [3.8, 4) is 0 Å². The number of hydrogen-bond donors (Lipinski definition) is 2. The maximum atomic E-state index is 8.59. The van der Waals surface area contributed by atoms with Gasteiger partial charge in [-0.05, 0) is 13.0 Å². The Bertz CT molecular complexity index is 337. The number of anilines is 1. The van der Waals surface area contributed by atoms with Crippen LogP contribution in [-0.4, -0.2) is 29.6 Å². The molecule has 0 atom stereocenters. The Labute approximate surface area is 82.9 Å². The lowest BCUT2D eigenvalue weighted by Crippen LogP contribution is -2.22. The number of amidine groups is 1. The minimum Gasteiger partial charge on any atom is -0.409 e. The molecule has 0 saturated heterocycles. The molecule has 1 aromatic heterocycles. The van der Waals surface area contributed by atoms with Crippen LogP contribution in [0.3, 0.4) is 0 Å². The third-order valence-corrected chi connectivity index (χ3v) is 2.07. The Morgan fingerprint density at radius 3 is 3.00 bits per heavy atom. The maximum absolute atomic E-state index is 8.59. The van der Waals surface area contributed by atoms with E-state index in [0.29, 0.717) is 5.56 Å². The Morgan fingerprint density at radius 2 is 2.43 bits per heavy atom. The largest absolute Gasteiger partial charge is 0.409 e. The third-order valence-electron chi connectivity index (χ3n) is 2.07. The van der Waals surface area contributed by atoms with Crippen LogP contribution in [0.2, 0.25) is 0 Å². The number of aromatic nitrogens is 1. The van der Waals surface area contributed by atoms with Gasteiger partial charge in [0.2, 0.25) is 0 Å². The summed E-state index contributed by atoms with van der Waals surface area (Å²) in [5.74, 6) is 0.0997. The van der Waals surface area contributed by atoms with Gasteiger partial charge in [0.15, 0.2) is 5.84 Å². The molecule has 1 rings (SSSR count). The fourth-order valence-corrected chi connectivity index (χ4v) is 1.13. The first-order valence-corrected chi connectivity index (χ1v) is 4.33. The minimum atomic E-state index is 0.0997. The first kappa shape index (κ1) is 10.3. The summed E-state index contributed by atoms with van der Waals surface area (Å²) in [5.41, 5.74) is 7.07. The van der Waals surface area contributed by atoms with Crippen molar-refractivity contribution in [2.24, 2.45) is 10.9 Å². The van der Waals surface area contributed by atoms with E-state index >= 15 is 0 Å². The van der Waals surface area contributed by atoms with Crippen LogP contribution in [0.25, 0.3) is 0 Å². The lowest BCUT2D eigenvalue weighted by Gasteiger charge is -2.19. The minimum absolute atomic E-state index is 0.0997. The highest BCUT2D eigenvalue weighted by atomic mass is 16.4. The van der Waals surface area contributed by atoms with E-state index in [1.165, 1.54) is 0 Å². The van der Waals surface area contributed by atoms with E-state index in [4.69, 9.17) is 10.9 Å². The molecule has 5 nitrogen and oxygen atoms in total. The van der Waals surface area contributed by atoms with Gasteiger partial charge in [-0.3, -0.25) is 4.98 Å². The SMILES string of the molecule is CCN(C)c1cnccc1/C(N)=N\O. The molecule has 0 fully saturated rings. The first-order chi connectivity index (χ1) is 6.70. The topological polar surface area (TPSA) is 74.7 Å². The van der Waals surface area contributed by atoms with Gasteiger partial charge in [0.25, 0.3) is 0 Å². The normalized spacial score (nSPS) is 11.4. The molecule has 0 aliphatic rings. The molecule has 0 aliphatic carbocycles. The molecular weight excluding hydrogens is 180 g/mol. The van der Waals surface area contributed by atoms with Crippen molar-refractivity contribution in [3.63, 3.8) is 0 Å². The summed E-state index contributed by atoms with van der Waals surface area (Å²) >= 11 is 0. The smallest absolute Gasteiger partial charge is 0.172 e. The molecule has 0 aromatic carbocycles. The average molecular weight is 194 g/mol. The predicted molar refractivity (Wildman–Crippen MR) is 55.7 cm³/mol. The van der Waals surface area contributed by atoms with Crippen LogP contribution in [0.15, 0.2) is 23.6 Å². The molecule has 0 aliphatic heterocycles. The fourth-order valence-electron chi connectivity index (χ4n) is 1.13. The van der Waals surface area contributed by atoms with Crippen molar-refractivity contribution in [3.05, 3.63) is 24.0 Å². The summed E-state index contributed by atoms with van der Waals surface area (Å²) in [6, 6.07) is 1.72. The Hall–Kier alpha value is -1.78. The van der Waals surface area contributed by atoms with E-state index in [-0.39, 0.29) is 5.84 Å². The second-order valence-corrected chi connectivity index (χ2v) is 2.89. The van der Waals surface area contributed by atoms with E-state index in [9.17, 15) is 0 Å². The molecule has 0 saturated carbocycles. The number of nitrogens with two attached hydrogens (primary N) is 1. The summed E-state index contributed by atoms with van der Waals surface area (Å²) in [7, 11) is 1.92. The monoisotopic (exact) mass is 194 g/mol. The number of nitrogens with zero attached hydrogens (tertiary/aromatic N) is 3. The van der Waals surface area contributed by atoms with Crippen LogP contribution in [0.1, 0.15) is 12.5 Å². The van der Waals surface area contributed by atoms with E-state index in [1.807, 2.05) is 18.9 Å². The van der Waals surface area contributed by atoms with Crippen LogP contribution in [-0.2, 0) is 0 Å². The van der Waals surface area contributed by atoms with Crippen molar-refractivity contribution >= 4 is 11.5 Å². The molecule has 0 bridgehead atoms. The quantitative estimate of drug-likeness (QED) is 0.320. The molecule has 0 amide bonds. The van der Waals surface area contributed by atoms with Gasteiger partial charge in [-0.2, -0.15) is 0 Å². The standard InChI is InChI=1S/C9H14N4O/c1-3-13(2)8-6-11-5-4-7(8)9(10)12-14/h4-6,14H,3H2,1-2H3,(H2,10,12). The predicted octanol–water partition coefficient (Wildman–Crippen LogP) is 0.632. The lowest BCUT2D eigenvalue weighted by atomic mass is 10.2. The summed E-state index contributed by atoms with van der Waals surface area (Å²) in [6.07, 6.45) is 3.30. The van der Waals surface area contributed by atoms with Crippen LogP contribution in [0, 0.1) is 0 Å². The van der Waals surface area contributed by atoms with Gasteiger partial charge in [0.1, 0.15) is 0 Å². The molecule has 76 valence electrons. The van der Waals surface area contributed by atoms with Crippen molar-refractivity contribution < 1.29 is 5.21 Å². The van der Waals surface area contributed by atoms with E-state index in [2.05, 4.69) is 10.1 Å². The second-order valence-electron chi connectivity index (χ2n) is 2.89. The van der Waals surface area contributed by atoms with Crippen LogP contribution in [0.4, 0.5) is 5.69 Å². The highest BCUT2D eigenvalue weighted by molar-refractivity contribution is 6.01. The molecule has 0 radical (unpaired) electrons. The number of hydrogen-bond acceptors (Lipinski definition) is 4. The highest BCUT2D eigenvalue weighted by Crippen LogP contribution is 2.16. The van der Waals surface area contributed by atoms with Gasteiger partial charge in [-0.15, -0.1) is 0 Å². The highest BCUT2D eigenvalue weighted by Gasteiger charge is 2.09. The molecule has 1 heterocycles. The number of pyridine rings is 1. The zero-order valence-corrected chi connectivity index (χ0v) is 8.31. The number of rotatable bonds is 3. The van der Waals surface area contributed by atoms with Crippen LogP contribution >= 0.6 is 0 Å². The summed E-state index contributed by atoms with van der Waals surface area (Å²) in [6.45, 7) is 2.85. The van der Waals surface area contributed by atoms with Gasteiger partial charge < -0.3 is 15.8 Å².